The van der Waals surface area contributed by atoms with Crippen molar-refractivity contribution in [3.05, 3.63) is 47.2 Å². The van der Waals surface area contributed by atoms with Crippen LogP contribution in [0.15, 0.2) is 40.8 Å². The molecule has 0 atom stereocenters. The summed E-state index contributed by atoms with van der Waals surface area (Å²) >= 11 is 5.90. The molecule has 1 amide bonds. The Labute approximate surface area is 147 Å². The molecule has 1 aliphatic rings. The van der Waals surface area contributed by atoms with Crippen LogP contribution in [-0.2, 0) is 0 Å². The number of benzene rings is 1. The normalized spacial score (nSPS) is 16.5. The molecule has 3 rings (SSSR count). The third-order valence-electron chi connectivity index (χ3n) is 5.02. The van der Waals surface area contributed by atoms with Gasteiger partial charge >= 0.3 is 0 Å². The van der Waals surface area contributed by atoms with Crippen molar-refractivity contribution in [2.45, 2.75) is 31.2 Å². The lowest BCUT2D eigenvalue weighted by Gasteiger charge is -2.36. The van der Waals surface area contributed by atoms with Gasteiger partial charge in [-0.2, -0.15) is 0 Å². The molecule has 1 aromatic carbocycles. The van der Waals surface area contributed by atoms with E-state index in [1.807, 2.05) is 18.2 Å². The third-order valence-corrected chi connectivity index (χ3v) is 5.27. The van der Waals surface area contributed by atoms with Crippen LogP contribution in [0.4, 0.5) is 0 Å². The van der Waals surface area contributed by atoms with Gasteiger partial charge < -0.3 is 14.6 Å². The number of nitrogens with zero attached hydrogens (tertiary/aromatic N) is 1. The SMILES string of the molecule is CN(C)C1(CNC(=O)c2ccc(-c3ccc(Cl)cc3)o2)CCCC1. The van der Waals surface area contributed by atoms with Crippen molar-refractivity contribution < 1.29 is 9.21 Å². The van der Waals surface area contributed by atoms with Gasteiger partial charge in [0.2, 0.25) is 0 Å². The summed E-state index contributed by atoms with van der Waals surface area (Å²) in [4.78, 5) is 14.7. The fraction of sp³-hybridized carbons (Fsp3) is 0.421. The van der Waals surface area contributed by atoms with Gasteiger partial charge in [0.05, 0.1) is 0 Å². The van der Waals surface area contributed by atoms with Crippen molar-refractivity contribution in [2.75, 3.05) is 20.6 Å². The van der Waals surface area contributed by atoms with Crippen LogP contribution in [0.1, 0.15) is 36.2 Å². The van der Waals surface area contributed by atoms with Gasteiger partial charge in [-0.05, 0) is 63.3 Å². The minimum atomic E-state index is -0.164. The Hall–Kier alpha value is -1.78. The standard InChI is InChI=1S/C19H23ClN2O2/c1-22(2)19(11-3-4-12-19)13-21-18(23)17-10-9-16(24-17)14-5-7-15(20)8-6-14/h5-10H,3-4,11-13H2,1-2H3,(H,21,23). The molecular weight excluding hydrogens is 324 g/mol. The molecule has 0 saturated heterocycles. The predicted octanol–water partition coefficient (Wildman–Crippen LogP) is 4.20. The Kier molecular flexibility index (Phi) is 4.97. The zero-order chi connectivity index (χ0) is 17.2. The van der Waals surface area contributed by atoms with Gasteiger partial charge in [-0.3, -0.25) is 4.79 Å². The number of amides is 1. The predicted molar refractivity (Wildman–Crippen MR) is 96.4 cm³/mol. The van der Waals surface area contributed by atoms with Gasteiger partial charge in [0.1, 0.15) is 5.76 Å². The zero-order valence-corrected chi connectivity index (χ0v) is 14.9. The smallest absolute Gasteiger partial charge is 0.287 e. The van der Waals surface area contributed by atoms with Crippen LogP contribution in [0, 0.1) is 0 Å². The highest BCUT2D eigenvalue weighted by molar-refractivity contribution is 6.30. The number of hydrogen-bond donors (Lipinski definition) is 1. The van der Waals surface area contributed by atoms with Crippen molar-refractivity contribution in [1.29, 1.82) is 0 Å². The number of halogens is 1. The molecule has 1 aliphatic carbocycles. The first-order valence-corrected chi connectivity index (χ1v) is 8.69. The second-order valence-corrected chi connectivity index (χ2v) is 7.12. The Morgan fingerprint density at radius 1 is 1.17 bits per heavy atom. The van der Waals surface area contributed by atoms with Crippen molar-refractivity contribution >= 4 is 17.5 Å². The van der Waals surface area contributed by atoms with Gasteiger partial charge in [-0.1, -0.05) is 24.4 Å². The number of nitrogens with one attached hydrogen (secondary N) is 1. The summed E-state index contributed by atoms with van der Waals surface area (Å²) in [6.45, 7) is 0.649. The van der Waals surface area contributed by atoms with Crippen LogP contribution >= 0.6 is 11.6 Å². The summed E-state index contributed by atoms with van der Waals surface area (Å²) in [5.41, 5.74) is 0.973. The van der Waals surface area contributed by atoms with Gasteiger partial charge in [0.15, 0.2) is 5.76 Å². The molecule has 0 aliphatic heterocycles. The van der Waals surface area contributed by atoms with Crippen LogP contribution < -0.4 is 5.32 Å². The molecule has 0 spiro atoms. The van der Waals surface area contributed by atoms with Crippen LogP contribution in [0.3, 0.4) is 0 Å². The second kappa shape index (κ2) is 6.99. The van der Waals surface area contributed by atoms with Crippen molar-refractivity contribution in [2.24, 2.45) is 0 Å². The lowest BCUT2D eigenvalue weighted by Crippen LogP contribution is -2.50. The minimum Gasteiger partial charge on any atom is -0.451 e. The molecule has 4 nitrogen and oxygen atoms in total. The van der Waals surface area contributed by atoms with Crippen LogP contribution in [0.2, 0.25) is 5.02 Å². The maximum Gasteiger partial charge on any atom is 0.287 e. The number of rotatable bonds is 5. The zero-order valence-electron chi connectivity index (χ0n) is 14.1. The molecule has 1 saturated carbocycles. The van der Waals surface area contributed by atoms with E-state index in [1.165, 1.54) is 12.8 Å². The van der Waals surface area contributed by atoms with E-state index in [1.54, 1.807) is 18.2 Å². The number of carbonyl (C=O) groups is 1. The van der Waals surface area contributed by atoms with Crippen molar-refractivity contribution in [1.82, 2.24) is 10.2 Å². The van der Waals surface area contributed by atoms with E-state index >= 15 is 0 Å². The monoisotopic (exact) mass is 346 g/mol. The fourth-order valence-electron chi connectivity index (χ4n) is 3.38. The maximum atomic E-state index is 12.4. The molecule has 128 valence electrons. The summed E-state index contributed by atoms with van der Waals surface area (Å²) in [6.07, 6.45) is 4.67. The Morgan fingerprint density at radius 2 is 1.83 bits per heavy atom. The number of carbonyl (C=O) groups excluding carboxylic acids is 1. The van der Waals surface area contributed by atoms with Crippen molar-refractivity contribution in [3.8, 4) is 11.3 Å². The highest BCUT2D eigenvalue weighted by atomic mass is 35.5. The molecular formula is C19H23ClN2O2. The second-order valence-electron chi connectivity index (χ2n) is 6.68. The largest absolute Gasteiger partial charge is 0.451 e. The molecule has 0 bridgehead atoms. The van der Waals surface area contributed by atoms with Crippen LogP contribution in [0.5, 0.6) is 0 Å². The molecule has 0 radical (unpaired) electrons. The van der Waals surface area contributed by atoms with Gasteiger partial charge in [-0.25, -0.2) is 0 Å². The highest BCUT2D eigenvalue weighted by Gasteiger charge is 2.36. The third kappa shape index (κ3) is 3.50. The summed E-state index contributed by atoms with van der Waals surface area (Å²) in [6, 6.07) is 10.9. The first-order chi connectivity index (χ1) is 11.5. The van der Waals surface area contributed by atoms with E-state index < -0.39 is 0 Å². The molecule has 0 unspecified atom stereocenters. The average Bonchev–Trinajstić information content (AvgIpc) is 3.24. The molecule has 2 aromatic rings. The minimum absolute atomic E-state index is 0.0707. The number of furan rings is 1. The van der Waals surface area contributed by atoms with Gasteiger partial charge in [0.25, 0.3) is 5.91 Å². The van der Waals surface area contributed by atoms with E-state index in [-0.39, 0.29) is 11.4 Å². The van der Waals surface area contributed by atoms with E-state index in [0.717, 1.165) is 18.4 Å². The van der Waals surface area contributed by atoms with E-state index in [2.05, 4.69) is 24.3 Å². The number of likely N-dealkylation sites (N-methyl/N-ethyl adjacent to an activating group) is 1. The number of hydrogen-bond acceptors (Lipinski definition) is 3. The lowest BCUT2D eigenvalue weighted by atomic mass is 9.96. The van der Waals surface area contributed by atoms with Gasteiger partial charge in [0, 0.05) is 22.7 Å². The molecule has 24 heavy (non-hydrogen) atoms. The molecule has 1 fully saturated rings. The average molecular weight is 347 g/mol. The molecule has 1 aromatic heterocycles. The van der Waals surface area contributed by atoms with E-state index in [9.17, 15) is 4.79 Å². The topological polar surface area (TPSA) is 45.5 Å². The maximum absolute atomic E-state index is 12.4. The first-order valence-electron chi connectivity index (χ1n) is 8.32. The lowest BCUT2D eigenvalue weighted by molar-refractivity contribution is 0.0874. The van der Waals surface area contributed by atoms with Gasteiger partial charge in [-0.15, -0.1) is 0 Å². The summed E-state index contributed by atoms with van der Waals surface area (Å²) in [5.74, 6) is 0.843. The summed E-state index contributed by atoms with van der Waals surface area (Å²) in [7, 11) is 4.17. The van der Waals surface area contributed by atoms with Crippen LogP contribution in [-0.4, -0.2) is 37.0 Å². The van der Waals surface area contributed by atoms with E-state index in [0.29, 0.717) is 23.1 Å². The Morgan fingerprint density at radius 3 is 2.46 bits per heavy atom. The molecule has 1 N–H and O–H groups in total. The summed E-state index contributed by atoms with van der Waals surface area (Å²) in [5, 5.41) is 3.72. The fourth-order valence-corrected chi connectivity index (χ4v) is 3.50. The first kappa shape index (κ1) is 17.1. The molecule has 1 heterocycles. The van der Waals surface area contributed by atoms with E-state index in [4.69, 9.17) is 16.0 Å². The van der Waals surface area contributed by atoms with Crippen LogP contribution in [0.25, 0.3) is 11.3 Å². The summed E-state index contributed by atoms with van der Waals surface area (Å²) < 4.78 is 5.71. The molecule has 5 heteroatoms. The Balaban J connectivity index is 1.66. The quantitative estimate of drug-likeness (QED) is 0.882. The highest BCUT2D eigenvalue weighted by Crippen LogP contribution is 2.33. The van der Waals surface area contributed by atoms with Crippen molar-refractivity contribution in [3.63, 3.8) is 0 Å². The Bertz CT molecular complexity index is 700.